The van der Waals surface area contributed by atoms with E-state index in [1.807, 2.05) is 30.3 Å². The first-order valence-electron chi connectivity index (χ1n) is 10.4. The minimum absolute atomic E-state index is 0.0891. The molecule has 0 radical (unpaired) electrons. The first kappa shape index (κ1) is 22.2. The van der Waals surface area contributed by atoms with Crippen molar-refractivity contribution in [3.05, 3.63) is 81.4 Å². The van der Waals surface area contributed by atoms with Crippen LogP contribution in [0.2, 0.25) is 0 Å². The van der Waals surface area contributed by atoms with Crippen molar-refractivity contribution in [2.75, 3.05) is 21.3 Å². The van der Waals surface area contributed by atoms with E-state index >= 15 is 0 Å². The number of furan rings is 1. The number of aromatic hydroxyl groups is 1. The van der Waals surface area contributed by atoms with Gasteiger partial charge in [-0.15, -0.1) is 0 Å². The standard InChI is InChI=1S/C26H25NO6/c1-14-22(15(2)28)23(18-11-10-17(30-3)13-20(18)32-5)24-25(29)21(33-26(24)27-14)12-16-8-6-7-9-19(16)31-4/h6-13,23,29H,1-5H3. The fourth-order valence-electron chi connectivity index (χ4n) is 4.20. The summed E-state index contributed by atoms with van der Waals surface area (Å²) in [4.78, 5) is 17.2. The average molecular weight is 447 g/mol. The van der Waals surface area contributed by atoms with Crippen molar-refractivity contribution in [3.63, 3.8) is 0 Å². The molecule has 170 valence electrons. The van der Waals surface area contributed by atoms with Crippen molar-refractivity contribution in [1.82, 2.24) is 0 Å². The number of hydrogen-bond acceptors (Lipinski definition) is 7. The van der Waals surface area contributed by atoms with Gasteiger partial charge in [0.15, 0.2) is 16.9 Å². The van der Waals surface area contributed by atoms with Crippen LogP contribution in [0.5, 0.6) is 23.0 Å². The van der Waals surface area contributed by atoms with E-state index in [-0.39, 0.29) is 22.5 Å². The van der Waals surface area contributed by atoms with E-state index in [9.17, 15) is 9.90 Å². The molecule has 0 fully saturated rings. The third kappa shape index (κ3) is 3.86. The molecule has 1 aromatic heterocycles. The topological polar surface area (TPSA) is 90.5 Å². The monoisotopic (exact) mass is 447 g/mol. The maximum absolute atomic E-state index is 12.7. The van der Waals surface area contributed by atoms with Crippen LogP contribution in [0.1, 0.15) is 36.5 Å². The first-order chi connectivity index (χ1) is 15.9. The Morgan fingerprint density at radius 1 is 1.06 bits per heavy atom. The van der Waals surface area contributed by atoms with Crippen molar-refractivity contribution in [1.29, 1.82) is 0 Å². The van der Waals surface area contributed by atoms with Gasteiger partial charge in [-0.2, -0.15) is 0 Å². The highest BCUT2D eigenvalue weighted by Crippen LogP contribution is 2.43. The highest BCUT2D eigenvalue weighted by atomic mass is 16.5. The van der Waals surface area contributed by atoms with Gasteiger partial charge in [0.05, 0.1) is 32.8 Å². The molecule has 1 aliphatic heterocycles. The number of Topliss-reactive ketones (excluding diaryl/α,β-unsaturated/α-hetero) is 1. The molecule has 7 heteroatoms. The summed E-state index contributed by atoms with van der Waals surface area (Å²) >= 11 is 0. The molecule has 3 aromatic rings. The van der Waals surface area contributed by atoms with Crippen LogP contribution in [0.3, 0.4) is 0 Å². The molecule has 33 heavy (non-hydrogen) atoms. The normalized spacial score (nSPS) is 15.7. The van der Waals surface area contributed by atoms with E-state index in [4.69, 9.17) is 18.6 Å². The van der Waals surface area contributed by atoms with Crippen LogP contribution in [0.15, 0.2) is 63.1 Å². The summed E-state index contributed by atoms with van der Waals surface area (Å²) in [7, 11) is 4.69. The Bertz CT molecular complexity index is 1380. The summed E-state index contributed by atoms with van der Waals surface area (Å²) in [5, 5.41) is 11.3. The number of carbonyl (C=O) groups excluding carboxylic acids is 1. The summed E-state index contributed by atoms with van der Waals surface area (Å²) in [5.41, 5.74) is 3.30. The van der Waals surface area contributed by atoms with Crippen LogP contribution in [0.4, 0.5) is 0 Å². The lowest BCUT2D eigenvalue weighted by molar-refractivity contribution is -0.113. The van der Waals surface area contributed by atoms with E-state index in [1.54, 1.807) is 46.5 Å². The number of ketones is 1. The van der Waals surface area contributed by atoms with E-state index in [2.05, 4.69) is 4.99 Å². The van der Waals surface area contributed by atoms with Crippen molar-refractivity contribution in [2.45, 2.75) is 19.8 Å². The summed E-state index contributed by atoms with van der Waals surface area (Å²) in [6.07, 6.45) is 1.69. The minimum Gasteiger partial charge on any atom is -0.504 e. The van der Waals surface area contributed by atoms with Gasteiger partial charge in [-0.25, -0.2) is 4.99 Å². The van der Waals surface area contributed by atoms with E-state index in [0.29, 0.717) is 39.6 Å². The van der Waals surface area contributed by atoms with Gasteiger partial charge in [0.1, 0.15) is 17.2 Å². The molecule has 0 saturated heterocycles. The average Bonchev–Trinajstić information content (AvgIpc) is 3.12. The fraction of sp³-hybridized carbons (Fsp3) is 0.231. The summed E-state index contributed by atoms with van der Waals surface area (Å²) in [6, 6.07) is 12.7. The summed E-state index contributed by atoms with van der Waals surface area (Å²) < 4.78 is 22.3. The van der Waals surface area contributed by atoms with E-state index in [0.717, 1.165) is 5.56 Å². The lowest BCUT2D eigenvalue weighted by atomic mass is 9.81. The van der Waals surface area contributed by atoms with Crippen LogP contribution < -0.4 is 25.2 Å². The molecule has 1 N–H and O–H groups in total. The summed E-state index contributed by atoms with van der Waals surface area (Å²) in [6.45, 7) is 3.24. The number of methoxy groups -OCH3 is 3. The van der Waals surface area contributed by atoms with Crippen LogP contribution in [-0.4, -0.2) is 32.2 Å². The van der Waals surface area contributed by atoms with Crippen molar-refractivity contribution in [3.8, 4) is 23.0 Å². The maximum Gasteiger partial charge on any atom is 0.227 e. The number of allylic oxidation sites excluding steroid dienone is 2. The third-order valence-corrected chi connectivity index (χ3v) is 5.72. The predicted octanol–water partition coefficient (Wildman–Crippen LogP) is 3.47. The zero-order valence-electron chi connectivity index (χ0n) is 19.1. The lowest BCUT2D eigenvalue weighted by Crippen LogP contribution is -2.23. The van der Waals surface area contributed by atoms with Gasteiger partial charge in [0.2, 0.25) is 5.55 Å². The molecule has 7 nitrogen and oxygen atoms in total. The molecule has 4 rings (SSSR count). The Labute approximate surface area is 191 Å². The zero-order chi connectivity index (χ0) is 23.7. The molecule has 1 atom stereocenters. The highest BCUT2D eigenvalue weighted by Gasteiger charge is 2.35. The number of nitrogens with zero attached hydrogens (tertiary/aromatic N) is 1. The Balaban J connectivity index is 2.00. The highest BCUT2D eigenvalue weighted by molar-refractivity contribution is 5.97. The van der Waals surface area contributed by atoms with Gasteiger partial charge in [-0.3, -0.25) is 4.79 Å². The van der Waals surface area contributed by atoms with Crippen LogP contribution in [-0.2, 0) is 4.79 Å². The second kappa shape index (κ2) is 8.86. The smallest absolute Gasteiger partial charge is 0.227 e. The fourth-order valence-corrected chi connectivity index (χ4v) is 4.20. The van der Waals surface area contributed by atoms with E-state index in [1.165, 1.54) is 6.92 Å². The second-order valence-electron chi connectivity index (χ2n) is 7.63. The minimum atomic E-state index is -0.626. The number of hydrogen-bond donors (Lipinski definition) is 1. The summed E-state index contributed by atoms with van der Waals surface area (Å²) in [5.74, 6) is 0.904. The number of benzene rings is 2. The Morgan fingerprint density at radius 3 is 2.45 bits per heavy atom. The Morgan fingerprint density at radius 2 is 1.79 bits per heavy atom. The number of carbonyl (C=O) groups is 1. The van der Waals surface area contributed by atoms with Gasteiger partial charge < -0.3 is 23.7 Å². The van der Waals surface area contributed by atoms with Gasteiger partial charge in [-0.1, -0.05) is 24.3 Å². The predicted molar refractivity (Wildman–Crippen MR) is 122 cm³/mol. The zero-order valence-corrected chi connectivity index (χ0v) is 19.1. The largest absolute Gasteiger partial charge is 0.504 e. The van der Waals surface area contributed by atoms with Crippen LogP contribution in [0.25, 0.3) is 6.08 Å². The molecule has 0 aliphatic carbocycles. The molecule has 0 bridgehead atoms. The number of fused-ring (bicyclic) bond motifs is 1. The second-order valence-corrected chi connectivity index (χ2v) is 7.63. The molecular weight excluding hydrogens is 422 g/mol. The molecule has 2 heterocycles. The Hall–Kier alpha value is -4.00. The third-order valence-electron chi connectivity index (χ3n) is 5.72. The molecule has 0 spiro atoms. The van der Waals surface area contributed by atoms with Crippen molar-refractivity contribution in [2.24, 2.45) is 4.99 Å². The molecule has 2 aromatic carbocycles. The van der Waals surface area contributed by atoms with Gasteiger partial charge in [0.25, 0.3) is 0 Å². The number of para-hydroxylation sites is 1. The quantitative estimate of drug-likeness (QED) is 0.622. The van der Waals surface area contributed by atoms with Crippen molar-refractivity contribution < 1.29 is 28.5 Å². The molecule has 1 unspecified atom stereocenters. The van der Waals surface area contributed by atoms with Crippen molar-refractivity contribution >= 4 is 11.9 Å². The molecule has 1 aliphatic rings. The molecule has 0 amide bonds. The van der Waals surface area contributed by atoms with Gasteiger partial charge in [0, 0.05) is 28.5 Å². The molecular formula is C26H25NO6. The van der Waals surface area contributed by atoms with Gasteiger partial charge in [-0.05, 0) is 32.1 Å². The van der Waals surface area contributed by atoms with E-state index < -0.39 is 5.92 Å². The van der Waals surface area contributed by atoms with Crippen LogP contribution >= 0.6 is 0 Å². The Kier molecular flexibility index (Phi) is 5.96. The maximum atomic E-state index is 12.7. The SMILES string of the molecule is COc1ccc(C2C(C(C)=O)=C(C)N=c3oc(=Cc4ccccc4OC)c(O)c32)c(OC)c1. The lowest BCUT2D eigenvalue weighted by Gasteiger charge is -2.24. The number of rotatable bonds is 6. The molecule has 0 saturated carbocycles. The first-order valence-corrected chi connectivity index (χ1v) is 10.4. The van der Waals surface area contributed by atoms with Gasteiger partial charge >= 0.3 is 0 Å². The number of ether oxygens (including phenoxy) is 3. The van der Waals surface area contributed by atoms with Crippen LogP contribution in [0, 0.1) is 0 Å².